The number of rotatable bonds is 3. The summed E-state index contributed by atoms with van der Waals surface area (Å²) < 4.78 is 0. The van der Waals surface area contributed by atoms with E-state index in [1.807, 2.05) is 24.4 Å². The molecule has 7 heteroatoms. The Hall–Kier alpha value is -2.54. The van der Waals surface area contributed by atoms with E-state index < -0.39 is 5.97 Å². The molecule has 20 heavy (non-hydrogen) atoms. The number of hydrogen-bond acceptors (Lipinski definition) is 6. The standard InChI is InChI=1S/C13H10N4O2S/c1-7-6-20-13(14-7)17-10-8-4-2-3-5-9(8)15-11(16-10)12(18)19/h2-6H,1H3,(H,18,19)(H,14,15,16,17). The smallest absolute Gasteiger partial charge is 0.374 e. The third-order valence-electron chi connectivity index (χ3n) is 2.64. The zero-order valence-electron chi connectivity index (χ0n) is 10.5. The van der Waals surface area contributed by atoms with Crippen molar-refractivity contribution < 1.29 is 9.90 Å². The Morgan fingerprint density at radius 3 is 2.75 bits per heavy atom. The SMILES string of the molecule is Cc1csc(Nc2nc(C(=O)O)nc3ccccc23)n1. The van der Waals surface area contributed by atoms with Gasteiger partial charge in [0, 0.05) is 10.8 Å². The summed E-state index contributed by atoms with van der Waals surface area (Å²) in [6.07, 6.45) is 0. The molecular weight excluding hydrogens is 276 g/mol. The van der Waals surface area contributed by atoms with Crippen molar-refractivity contribution in [3.8, 4) is 0 Å². The Kier molecular flexibility index (Phi) is 3.03. The van der Waals surface area contributed by atoms with E-state index >= 15 is 0 Å². The number of hydrogen-bond donors (Lipinski definition) is 2. The number of nitrogens with zero attached hydrogens (tertiary/aromatic N) is 3. The topological polar surface area (TPSA) is 88.0 Å². The van der Waals surface area contributed by atoms with Crippen molar-refractivity contribution in [3.05, 3.63) is 41.2 Å². The Labute approximate surface area is 118 Å². The molecular formula is C13H10N4O2S. The number of thiazole rings is 1. The summed E-state index contributed by atoms with van der Waals surface area (Å²) in [5, 5.41) is 15.5. The van der Waals surface area contributed by atoms with Crippen LogP contribution in [0.4, 0.5) is 10.9 Å². The average Bonchev–Trinajstić information content (AvgIpc) is 2.84. The van der Waals surface area contributed by atoms with E-state index in [1.165, 1.54) is 11.3 Å². The molecule has 100 valence electrons. The van der Waals surface area contributed by atoms with E-state index in [1.54, 1.807) is 12.1 Å². The number of para-hydroxylation sites is 1. The second-order valence-corrected chi connectivity index (χ2v) is 5.00. The molecule has 2 heterocycles. The normalized spacial score (nSPS) is 10.7. The molecule has 0 aliphatic rings. The molecule has 3 rings (SSSR count). The van der Waals surface area contributed by atoms with Gasteiger partial charge in [-0.05, 0) is 19.1 Å². The molecule has 0 saturated heterocycles. The van der Waals surface area contributed by atoms with E-state index in [4.69, 9.17) is 5.11 Å². The van der Waals surface area contributed by atoms with Crippen LogP contribution in [0.5, 0.6) is 0 Å². The van der Waals surface area contributed by atoms with Crippen molar-refractivity contribution >= 4 is 39.2 Å². The average molecular weight is 286 g/mol. The van der Waals surface area contributed by atoms with Gasteiger partial charge in [-0.2, -0.15) is 0 Å². The van der Waals surface area contributed by atoms with E-state index in [9.17, 15) is 4.79 Å². The summed E-state index contributed by atoms with van der Waals surface area (Å²) >= 11 is 1.44. The molecule has 0 fully saturated rings. The fourth-order valence-corrected chi connectivity index (χ4v) is 2.47. The predicted octanol–water partition coefficient (Wildman–Crippen LogP) is 2.84. The van der Waals surface area contributed by atoms with Crippen molar-refractivity contribution in [1.82, 2.24) is 15.0 Å². The van der Waals surface area contributed by atoms with Crippen LogP contribution in [0.15, 0.2) is 29.6 Å². The molecule has 0 amide bonds. The lowest BCUT2D eigenvalue weighted by atomic mass is 10.2. The van der Waals surface area contributed by atoms with Gasteiger partial charge in [-0.25, -0.2) is 19.7 Å². The molecule has 0 aliphatic heterocycles. The molecule has 0 saturated carbocycles. The fraction of sp³-hybridized carbons (Fsp3) is 0.0769. The van der Waals surface area contributed by atoms with Crippen molar-refractivity contribution in [1.29, 1.82) is 0 Å². The van der Waals surface area contributed by atoms with Gasteiger partial charge in [0.15, 0.2) is 5.13 Å². The third-order valence-corrected chi connectivity index (χ3v) is 3.51. The zero-order valence-corrected chi connectivity index (χ0v) is 11.3. The fourth-order valence-electron chi connectivity index (χ4n) is 1.78. The number of anilines is 2. The van der Waals surface area contributed by atoms with Crippen molar-refractivity contribution in [2.45, 2.75) is 6.92 Å². The second-order valence-electron chi connectivity index (χ2n) is 4.14. The number of nitrogens with one attached hydrogen (secondary N) is 1. The van der Waals surface area contributed by atoms with Crippen LogP contribution in [-0.2, 0) is 0 Å². The second kappa shape index (κ2) is 4.86. The van der Waals surface area contributed by atoms with Crippen LogP contribution in [0.1, 0.15) is 16.3 Å². The molecule has 0 radical (unpaired) electrons. The van der Waals surface area contributed by atoms with Gasteiger partial charge in [0.2, 0.25) is 5.82 Å². The highest BCUT2D eigenvalue weighted by atomic mass is 32.1. The summed E-state index contributed by atoms with van der Waals surface area (Å²) in [6.45, 7) is 1.89. The maximum Gasteiger partial charge on any atom is 0.374 e. The highest BCUT2D eigenvalue weighted by Gasteiger charge is 2.13. The summed E-state index contributed by atoms with van der Waals surface area (Å²) in [6, 6.07) is 7.24. The first-order valence-electron chi connectivity index (χ1n) is 5.83. The van der Waals surface area contributed by atoms with Gasteiger partial charge < -0.3 is 10.4 Å². The largest absolute Gasteiger partial charge is 0.475 e. The molecule has 2 aromatic heterocycles. The van der Waals surface area contributed by atoms with Crippen LogP contribution in [0.3, 0.4) is 0 Å². The van der Waals surface area contributed by atoms with Gasteiger partial charge >= 0.3 is 5.97 Å². The lowest BCUT2D eigenvalue weighted by Crippen LogP contribution is -2.07. The third kappa shape index (κ3) is 2.30. The molecule has 0 spiro atoms. The lowest BCUT2D eigenvalue weighted by molar-refractivity contribution is 0.0684. The van der Waals surface area contributed by atoms with Crippen LogP contribution >= 0.6 is 11.3 Å². The Bertz CT molecular complexity index is 800. The molecule has 0 bridgehead atoms. The quantitative estimate of drug-likeness (QED) is 0.769. The van der Waals surface area contributed by atoms with Gasteiger partial charge in [-0.15, -0.1) is 11.3 Å². The minimum absolute atomic E-state index is 0.237. The lowest BCUT2D eigenvalue weighted by Gasteiger charge is -2.07. The number of benzene rings is 1. The van der Waals surface area contributed by atoms with Gasteiger partial charge in [0.05, 0.1) is 11.2 Å². The van der Waals surface area contributed by atoms with E-state index in [2.05, 4.69) is 20.3 Å². The van der Waals surface area contributed by atoms with Crippen molar-refractivity contribution in [2.75, 3.05) is 5.32 Å². The summed E-state index contributed by atoms with van der Waals surface area (Å²) in [7, 11) is 0. The molecule has 0 atom stereocenters. The number of fused-ring (bicyclic) bond motifs is 1. The minimum atomic E-state index is -1.16. The number of aromatic carboxylic acids is 1. The molecule has 0 aliphatic carbocycles. The van der Waals surface area contributed by atoms with E-state index in [0.29, 0.717) is 16.5 Å². The molecule has 2 N–H and O–H groups in total. The first kappa shape index (κ1) is 12.5. The van der Waals surface area contributed by atoms with Crippen LogP contribution in [-0.4, -0.2) is 26.0 Å². The zero-order chi connectivity index (χ0) is 14.1. The molecule has 0 unspecified atom stereocenters. The Morgan fingerprint density at radius 1 is 1.25 bits per heavy atom. The monoisotopic (exact) mass is 286 g/mol. The van der Waals surface area contributed by atoms with Gasteiger partial charge in [-0.3, -0.25) is 0 Å². The Balaban J connectivity index is 2.14. The van der Waals surface area contributed by atoms with Crippen LogP contribution in [0, 0.1) is 6.92 Å². The number of carbonyl (C=O) groups is 1. The molecule has 1 aromatic carbocycles. The van der Waals surface area contributed by atoms with E-state index in [-0.39, 0.29) is 5.82 Å². The summed E-state index contributed by atoms with van der Waals surface area (Å²) in [4.78, 5) is 23.4. The van der Waals surface area contributed by atoms with Crippen LogP contribution in [0.25, 0.3) is 10.9 Å². The van der Waals surface area contributed by atoms with Crippen molar-refractivity contribution in [2.24, 2.45) is 0 Å². The highest BCUT2D eigenvalue weighted by Crippen LogP contribution is 2.25. The maximum absolute atomic E-state index is 11.1. The first-order valence-corrected chi connectivity index (χ1v) is 6.70. The Morgan fingerprint density at radius 2 is 2.05 bits per heavy atom. The minimum Gasteiger partial charge on any atom is -0.475 e. The van der Waals surface area contributed by atoms with Crippen LogP contribution < -0.4 is 5.32 Å². The van der Waals surface area contributed by atoms with Gasteiger partial charge in [-0.1, -0.05) is 12.1 Å². The highest BCUT2D eigenvalue weighted by molar-refractivity contribution is 7.13. The predicted molar refractivity (Wildman–Crippen MR) is 76.6 cm³/mol. The number of carboxylic acids is 1. The first-order chi connectivity index (χ1) is 9.63. The van der Waals surface area contributed by atoms with Gasteiger partial charge in [0.25, 0.3) is 0 Å². The number of aromatic nitrogens is 3. The van der Waals surface area contributed by atoms with E-state index in [0.717, 1.165) is 11.1 Å². The van der Waals surface area contributed by atoms with Crippen LogP contribution in [0.2, 0.25) is 0 Å². The summed E-state index contributed by atoms with van der Waals surface area (Å²) in [5.41, 5.74) is 1.48. The molecule has 6 nitrogen and oxygen atoms in total. The summed E-state index contributed by atoms with van der Waals surface area (Å²) in [5.74, 6) is -0.948. The molecule has 3 aromatic rings. The van der Waals surface area contributed by atoms with Crippen molar-refractivity contribution in [3.63, 3.8) is 0 Å². The number of aryl methyl sites for hydroxylation is 1. The number of carboxylic acid groups (broad SMARTS) is 1. The van der Waals surface area contributed by atoms with Gasteiger partial charge in [0.1, 0.15) is 5.82 Å². The maximum atomic E-state index is 11.1.